The summed E-state index contributed by atoms with van der Waals surface area (Å²) >= 11 is 0. The summed E-state index contributed by atoms with van der Waals surface area (Å²) < 4.78 is 27.5. The Morgan fingerprint density at radius 1 is 1.10 bits per heavy atom. The molecule has 1 aromatic carbocycles. The molecule has 0 unspecified atom stereocenters. The maximum absolute atomic E-state index is 14.0. The van der Waals surface area contributed by atoms with Crippen LogP contribution in [0.3, 0.4) is 0 Å². The summed E-state index contributed by atoms with van der Waals surface area (Å²) in [4.78, 5) is 30.0. The van der Waals surface area contributed by atoms with Crippen LogP contribution in [-0.2, 0) is 9.78 Å². The topological polar surface area (TPSA) is 51.7 Å². The third kappa shape index (κ3) is 4.79. The van der Waals surface area contributed by atoms with Crippen molar-refractivity contribution in [1.29, 1.82) is 0 Å². The van der Waals surface area contributed by atoms with Gasteiger partial charge < -0.3 is 4.90 Å². The summed E-state index contributed by atoms with van der Waals surface area (Å²) in [6.45, 7) is 0.547. The quantitative estimate of drug-likeness (QED) is 0.499. The first kappa shape index (κ1) is 19.9. The summed E-state index contributed by atoms with van der Waals surface area (Å²) in [6, 6.07) is 6.50. The van der Waals surface area contributed by atoms with Crippen LogP contribution in [0.15, 0.2) is 42.7 Å². The van der Waals surface area contributed by atoms with Crippen LogP contribution >= 0.6 is 0 Å². The second kappa shape index (κ2) is 8.97. The summed E-state index contributed by atoms with van der Waals surface area (Å²) in [6.07, 6.45) is 8.30. The monoisotopic (exact) mass is 402 g/mol. The van der Waals surface area contributed by atoms with E-state index in [4.69, 9.17) is 9.78 Å². The summed E-state index contributed by atoms with van der Waals surface area (Å²) in [5.41, 5.74) is 0.668. The highest BCUT2D eigenvalue weighted by Gasteiger charge is 2.36. The van der Waals surface area contributed by atoms with Crippen LogP contribution in [0.2, 0.25) is 0 Å². The smallest absolute Gasteiger partial charge is 0.260 e. The molecule has 29 heavy (non-hydrogen) atoms. The number of hydrogen-bond acceptors (Lipinski definition) is 4. The maximum atomic E-state index is 14.0. The number of pyridine rings is 1. The Morgan fingerprint density at radius 2 is 1.93 bits per heavy atom. The lowest BCUT2D eigenvalue weighted by molar-refractivity contribution is -0.333. The second-order valence-electron chi connectivity index (χ2n) is 7.73. The van der Waals surface area contributed by atoms with Gasteiger partial charge in [-0.1, -0.05) is 12.8 Å². The largest absolute Gasteiger partial charge is 0.302 e. The van der Waals surface area contributed by atoms with Crippen molar-refractivity contribution in [3.8, 4) is 0 Å². The van der Waals surface area contributed by atoms with Crippen molar-refractivity contribution in [2.24, 2.45) is 5.92 Å². The Morgan fingerprint density at radius 3 is 2.66 bits per heavy atom. The lowest BCUT2D eigenvalue weighted by atomic mass is 9.90. The van der Waals surface area contributed by atoms with Gasteiger partial charge in [-0.3, -0.25) is 9.78 Å². The average Bonchev–Trinajstić information content (AvgIpc) is 3.57. The van der Waals surface area contributed by atoms with Gasteiger partial charge in [0, 0.05) is 24.1 Å². The summed E-state index contributed by atoms with van der Waals surface area (Å²) in [5.74, 6) is -1.72. The lowest BCUT2D eigenvalue weighted by Gasteiger charge is -2.39. The molecule has 7 heteroatoms. The first-order valence-corrected chi connectivity index (χ1v) is 10.1. The Bertz CT molecular complexity index is 845. The van der Waals surface area contributed by atoms with Crippen molar-refractivity contribution in [3.63, 3.8) is 0 Å². The van der Waals surface area contributed by atoms with Gasteiger partial charge in [0.1, 0.15) is 6.10 Å². The van der Waals surface area contributed by atoms with Gasteiger partial charge in [0.2, 0.25) is 0 Å². The van der Waals surface area contributed by atoms with Crippen LogP contribution in [0.5, 0.6) is 0 Å². The van der Waals surface area contributed by atoms with Crippen molar-refractivity contribution in [1.82, 2.24) is 4.98 Å². The fourth-order valence-corrected chi connectivity index (χ4v) is 3.71. The molecule has 1 heterocycles. The molecule has 4 rings (SSSR count). The maximum Gasteiger partial charge on any atom is 0.260 e. The Kier molecular flexibility index (Phi) is 6.16. The summed E-state index contributed by atoms with van der Waals surface area (Å²) in [5, 5.41) is 0. The Labute approximate surface area is 168 Å². The van der Waals surface area contributed by atoms with Gasteiger partial charge in [0.15, 0.2) is 11.6 Å². The molecular formula is C22H24F2N2O3. The average molecular weight is 402 g/mol. The number of aromatic nitrogens is 1. The van der Waals surface area contributed by atoms with Gasteiger partial charge in [-0.15, -0.1) is 0 Å². The highest BCUT2D eigenvalue weighted by Crippen LogP contribution is 2.33. The van der Waals surface area contributed by atoms with Crippen LogP contribution in [0.1, 0.15) is 48.9 Å². The zero-order valence-electron chi connectivity index (χ0n) is 16.1. The van der Waals surface area contributed by atoms with Gasteiger partial charge in [-0.05, 0) is 55.9 Å². The Balaban J connectivity index is 1.63. The molecule has 2 aliphatic rings. The highest BCUT2D eigenvalue weighted by atomic mass is 19.2. The normalized spacial score (nSPS) is 21.7. The number of carbonyl (C=O) groups excluding carboxylic acids is 1. The third-order valence-corrected chi connectivity index (χ3v) is 5.50. The van der Waals surface area contributed by atoms with Gasteiger partial charge in [0.25, 0.3) is 5.91 Å². The molecule has 1 amide bonds. The molecule has 0 aliphatic heterocycles. The molecule has 5 nitrogen and oxygen atoms in total. The second-order valence-corrected chi connectivity index (χ2v) is 7.73. The number of nitrogens with zero attached hydrogens (tertiary/aromatic N) is 2. The molecule has 2 aliphatic carbocycles. The minimum absolute atomic E-state index is 0.292. The van der Waals surface area contributed by atoms with Crippen LogP contribution in [0.25, 0.3) is 0 Å². The van der Waals surface area contributed by atoms with E-state index in [2.05, 4.69) is 4.98 Å². The number of rotatable bonds is 7. The van der Waals surface area contributed by atoms with E-state index in [1.54, 1.807) is 18.3 Å². The minimum Gasteiger partial charge on any atom is -0.302 e. The molecule has 0 radical (unpaired) electrons. The molecule has 1 aromatic heterocycles. The number of carbonyl (C=O) groups is 1. The number of amides is 1. The number of benzene rings is 1. The van der Waals surface area contributed by atoms with E-state index >= 15 is 0 Å². The fourth-order valence-electron chi connectivity index (χ4n) is 3.71. The fraction of sp³-hybridized carbons (Fsp3) is 0.455. The lowest BCUT2D eigenvalue weighted by Crippen LogP contribution is -2.50. The molecule has 2 aromatic rings. The molecule has 0 saturated heterocycles. The third-order valence-electron chi connectivity index (χ3n) is 5.50. The predicted octanol–water partition coefficient (Wildman–Crippen LogP) is 4.68. The highest BCUT2D eigenvalue weighted by molar-refractivity contribution is 6.06. The van der Waals surface area contributed by atoms with Gasteiger partial charge in [-0.2, -0.15) is 0 Å². The van der Waals surface area contributed by atoms with E-state index < -0.39 is 11.6 Å². The van der Waals surface area contributed by atoms with E-state index in [-0.39, 0.29) is 18.1 Å². The van der Waals surface area contributed by atoms with Gasteiger partial charge >= 0.3 is 0 Å². The number of anilines is 1. The zero-order valence-corrected chi connectivity index (χ0v) is 16.1. The van der Waals surface area contributed by atoms with Crippen molar-refractivity contribution in [2.75, 3.05) is 11.5 Å². The minimum atomic E-state index is -0.996. The van der Waals surface area contributed by atoms with Crippen molar-refractivity contribution in [2.45, 2.75) is 50.7 Å². The standard InChI is InChI=1S/C22H24F2N2O3/c23-18-10-9-17(12-19(18)24)26(22(27)16-4-3-11-25-13-16)20-5-1-2-6-21(20)29-28-14-15-7-8-15/h3-4,9-13,15,20-21H,1-2,5-8,14H2/t20-,21-/m0/s1. The number of hydrogen-bond donors (Lipinski definition) is 0. The molecular weight excluding hydrogens is 378 g/mol. The van der Waals surface area contributed by atoms with Crippen LogP contribution < -0.4 is 4.90 Å². The zero-order chi connectivity index (χ0) is 20.2. The van der Waals surface area contributed by atoms with Gasteiger partial charge in [0.05, 0.1) is 18.2 Å². The van der Waals surface area contributed by atoms with E-state index in [1.807, 2.05) is 0 Å². The molecule has 2 saturated carbocycles. The van der Waals surface area contributed by atoms with Gasteiger partial charge in [-0.25, -0.2) is 18.6 Å². The van der Waals surface area contributed by atoms with Crippen LogP contribution in [0.4, 0.5) is 14.5 Å². The van der Waals surface area contributed by atoms with Crippen LogP contribution in [-0.4, -0.2) is 29.6 Å². The number of halogens is 2. The SMILES string of the molecule is O=C(c1cccnc1)N(c1ccc(F)c(F)c1)[C@H]1CCCC[C@@H]1OOCC1CC1. The van der Waals surface area contributed by atoms with E-state index in [0.717, 1.165) is 44.2 Å². The molecule has 154 valence electrons. The van der Waals surface area contributed by atoms with Crippen molar-refractivity contribution in [3.05, 3.63) is 59.9 Å². The van der Waals surface area contributed by atoms with Crippen molar-refractivity contribution >= 4 is 11.6 Å². The summed E-state index contributed by atoms with van der Waals surface area (Å²) in [7, 11) is 0. The molecule has 2 fully saturated rings. The van der Waals surface area contributed by atoms with Crippen molar-refractivity contribution < 1.29 is 23.4 Å². The molecule has 0 N–H and O–H groups in total. The van der Waals surface area contributed by atoms with E-state index in [9.17, 15) is 13.6 Å². The van der Waals surface area contributed by atoms with E-state index in [1.165, 1.54) is 17.2 Å². The van der Waals surface area contributed by atoms with Crippen LogP contribution in [0, 0.1) is 17.6 Å². The molecule has 0 bridgehead atoms. The Hall–Kier alpha value is -2.38. The predicted molar refractivity (Wildman–Crippen MR) is 103 cm³/mol. The molecule has 0 spiro atoms. The first-order valence-electron chi connectivity index (χ1n) is 10.1. The molecule has 2 atom stereocenters. The first-order chi connectivity index (χ1) is 14.1. The van der Waals surface area contributed by atoms with E-state index in [0.29, 0.717) is 30.2 Å².